The maximum absolute atomic E-state index is 5.54. The Labute approximate surface area is 365 Å². The summed E-state index contributed by atoms with van der Waals surface area (Å²) in [5.74, 6) is 0.694. The van der Waals surface area contributed by atoms with E-state index in [1.54, 1.807) is 0 Å². The lowest BCUT2D eigenvalue weighted by atomic mass is 9.98. The van der Waals surface area contributed by atoms with Crippen LogP contribution in [-0.2, 0) is 0 Å². The Kier molecular flexibility index (Phi) is 8.79. The smallest absolute Gasteiger partial charge is 0.160 e. The molecule has 0 unspecified atom stereocenters. The number of aromatic nitrogens is 4. The number of rotatable bonds is 7. The summed E-state index contributed by atoms with van der Waals surface area (Å²) in [6, 6.07) is 81.4. The Morgan fingerprint density at radius 1 is 0.286 bits per heavy atom. The van der Waals surface area contributed by atoms with Crippen LogP contribution in [0.1, 0.15) is 0 Å². The molecule has 63 heavy (non-hydrogen) atoms. The van der Waals surface area contributed by atoms with Crippen LogP contribution in [0.25, 0.3) is 117 Å². The van der Waals surface area contributed by atoms with Crippen molar-refractivity contribution in [2.45, 2.75) is 0 Å². The summed E-state index contributed by atoms with van der Waals surface area (Å²) in [4.78, 5) is 15.8. The first kappa shape index (κ1) is 36.4. The number of hydrogen-bond acceptors (Lipinski definition) is 3. The lowest BCUT2D eigenvalue weighted by Crippen LogP contribution is -1.96. The van der Waals surface area contributed by atoms with Gasteiger partial charge in [-0.2, -0.15) is 0 Å². The second kappa shape index (κ2) is 15.2. The van der Waals surface area contributed by atoms with E-state index in [0.717, 1.165) is 94.6 Å². The first-order chi connectivity index (χ1) is 31.2. The zero-order valence-corrected chi connectivity index (χ0v) is 34.2. The molecule has 0 aliphatic heterocycles. The van der Waals surface area contributed by atoms with Gasteiger partial charge in [0.1, 0.15) is 0 Å². The van der Waals surface area contributed by atoms with Crippen LogP contribution in [0, 0.1) is 0 Å². The third-order valence-corrected chi connectivity index (χ3v) is 12.2. The summed E-state index contributed by atoms with van der Waals surface area (Å²) in [5, 5.41) is 5.83. The highest BCUT2D eigenvalue weighted by molar-refractivity contribution is 6.23. The van der Waals surface area contributed by atoms with Gasteiger partial charge in [-0.1, -0.05) is 194 Å². The van der Waals surface area contributed by atoms with Crippen molar-refractivity contribution in [3.8, 4) is 73.1 Å². The quantitative estimate of drug-likeness (QED) is 0.151. The summed E-state index contributed by atoms with van der Waals surface area (Å²) in [7, 11) is 0. The molecule has 4 nitrogen and oxygen atoms in total. The molecule has 4 heteroatoms. The summed E-state index contributed by atoms with van der Waals surface area (Å²) < 4.78 is 2.39. The number of fused-ring (bicyclic) bond motifs is 7. The van der Waals surface area contributed by atoms with Crippen LogP contribution in [0.4, 0.5) is 0 Å². The standard InChI is InChI=1S/C59H38N4/c1-5-16-39(17-6-1)44-22-15-23-46(36-44)59-60-53(41-18-7-2-8-19-41)38-54(61-59)42-30-28-40(29-31-42)45-32-35-55-52(37-45)51-34-33-50-48-26-13-14-27-49(48)56(43-20-9-3-10-21-43)62-57(50)58(51)63(55)47-24-11-4-12-25-47/h1-38H. The molecule has 0 saturated heterocycles. The molecule has 0 spiro atoms. The normalized spacial score (nSPS) is 11.5. The van der Waals surface area contributed by atoms with Crippen molar-refractivity contribution >= 4 is 43.5 Å². The molecule has 0 bridgehead atoms. The van der Waals surface area contributed by atoms with Gasteiger partial charge in [0.2, 0.25) is 0 Å². The van der Waals surface area contributed by atoms with Crippen LogP contribution in [0.5, 0.6) is 0 Å². The Balaban J connectivity index is 0.993. The van der Waals surface area contributed by atoms with Gasteiger partial charge in [-0.25, -0.2) is 15.0 Å². The molecule has 0 aliphatic rings. The highest BCUT2D eigenvalue weighted by Gasteiger charge is 2.20. The minimum absolute atomic E-state index is 0.694. The number of nitrogens with zero attached hydrogens (tertiary/aromatic N) is 4. The minimum atomic E-state index is 0.694. The fourth-order valence-corrected chi connectivity index (χ4v) is 9.14. The van der Waals surface area contributed by atoms with Crippen molar-refractivity contribution in [3.63, 3.8) is 0 Å². The predicted molar refractivity (Wildman–Crippen MR) is 262 cm³/mol. The number of pyridine rings is 1. The Morgan fingerprint density at radius 3 is 1.51 bits per heavy atom. The van der Waals surface area contributed by atoms with Crippen LogP contribution < -0.4 is 0 Å². The van der Waals surface area contributed by atoms with Gasteiger partial charge in [-0.05, 0) is 64.0 Å². The molecule has 3 aromatic heterocycles. The van der Waals surface area contributed by atoms with Crippen LogP contribution in [0.15, 0.2) is 231 Å². The monoisotopic (exact) mass is 802 g/mol. The Bertz CT molecular complexity index is 3640. The van der Waals surface area contributed by atoms with Crippen molar-refractivity contribution < 1.29 is 0 Å². The van der Waals surface area contributed by atoms with Gasteiger partial charge in [0.15, 0.2) is 5.82 Å². The lowest BCUT2D eigenvalue weighted by Gasteiger charge is -2.13. The van der Waals surface area contributed by atoms with E-state index in [1.165, 1.54) is 16.2 Å². The van der Waals surface area contributed by atoms with E-state index in [4.69, 9.17) is 15.0 Å². The van der Waals surface area contributed by atoms with Gasteiger partial charge < -0.3 is 4.57 Å². The SMILES string of the molecule is c1ccc(-c2cccc(-c3nc(-c4ccccc4)cc(-c4ccc(-c5ccc6c(c5)c5ccc7c8ccccc8c(-c8ccccc8)nc7c5n6-c5ccccc5)cc4)n3)c2)cc1. The molecule has 294 valence electrons. The molecule has 0 aliphatic carbocycles. The molecule has 0 N–H and O–H groups in total. The maximum Gasteiger partial charge on any atom is 0.160 e. The van der Waals surface area contributed by atoms with Gasteiger partial charge in [-0.3, -0.25) is 0 Å². The highest BCUT2D eigenvalue weighted by Crippen LogP contribution is 2.42. The summed E-state index contributed by atoms with van der Waals surface area (Å²) >= 11 is 0. The van der Waals surface area contributed by atoms with Gasteiger partial charge in [0.05, 0.1) is 33.6 Å². The second-order valence-corrected chi connectivity index (χ2v) is 16.0. The molecule has 0 radical (unpaired) electrons. The van der Waals surface area contributed by atoms with E-state index in [0.29, 0.717) is 5.82 Å². The Hall–Kier alpha value is -8.47. The van der Waals surface area contributed by atoms with E-state index in [2.05, 4.69) is 223 Å². The zero-order chi connectivity index (χ0) is 41.7. The van der Waals surface area contributed by atoms with E-state index in [9.17, 15) is 0 Å². The average molecular weight is 803 g/mol. The molecular formula is C59H38N4. The topological polar surface area (TPSA) is 43.6 Å². The molecule has 0 atom stereocenters. The molecule has 0 amide bonds. The van der Waals surface area contributed by atoms with Crippen LogP contribution in [0.3, 0.4) is 0 Å². The Morgan fingerprint density at radius 2 is 0.794 bits per heavy atom. The molecule has 12 aromatic rings. The third-order valence-electron chi connectivity index (χ3n) is 12.2. The van der Waals surface area contributed by atoms with Crippen LogP contribution in [-0.4, -0.2) is 19.5 Å². The van der Waals surface area contributed by atoms with Gasteiger partial charge in [0, 0.05) is 49.5 Å². The molecule has 0 saturated carbocycles. The van der Waals surface area contributed by atoms with Crippen LogP contribution in [0.2, 0.25) is 0 Å². The minimum Gasteiger partial charge on any atom is -0.307 e. The molecule has 12 rings (SSSR count). The molecule has 3 heterocycles. The molecular weight excluding hydrogens is 765 g/mol. The van der Waals surface area contributed by atoms with Crippen LogP contribution >= 0.6 is 0 Å². The summed E-state index contributed by atoms with van der Waals surface area (Å²) in [5.41, 5.74) is 15.8. The highest BCUT2D eigenvalue weighted by atomic mass is 15.0. The lowest BCUT2D eigenvalue weighted by molar-refractivity contribution is 1.18. The zero-order valence-electron chi connectivity index (χ0n) is 34.2. The van der Waals surface area contributed by atoms with Crippen molar-refractivity contribution in [2.24, 2.45) is 0 Å². The van der Waals surface area contributed by atoms with Gasteiger partial charge in [-0.15, -0.1) is 0 Å². The molecule has 0 fully saturated rings. The fourth-order valence-electron chi connectivity index (χ4n) is 9.14. The first-order valence-corrected chi connectivity index (χ1v) is 21.4. The number of hydrogen-bond donors (Lipinski definition) is 0. The number of para-hydroxylation sites is 1. The molecule has 9 aromatic carbocycles. The van der Waals surface area contributed by atoms with Crippen molar-refractivity contribution in [2.75, 3.05) is 0 Å². The largest absolute Gasteiger partial charge is 0.307 e. The van der Waals surface area contributed by atoms with E-state index in [1.807, 2.05) is 12.1 Å². The maximum atomic E-state index is 5.54. The summed E-state index contributed by atoms with van der Waals surface area (Å²) in [6.45, 7) is 0. The van der Waals surface area contributed by atoms with Gasteiger partial charge >= 0.3 is 0 Å². The first-order valence-electron chi connectivity index (χ1n) is 21.4. The third kappa shape index (κ3) is 6.44. The average Bonchev–Trinajstić information content (AvgIpc) is 3.71. The van der Waals surface area contributed by atoms with Crippen molar-refractivity contribution in [1.82, 2.24) is 19.5 Å². The van der Waals surface area contributed by atoms with Gasteiger partial charge in [0.25, 0.3) is 0 Å². The van der Waals surface area contributed by atoms with E-state index < -0.39 is 0 Å². The fraction of sp³-hybridized carbons (Fsp3) is 0. The summed E-state index contributed by atoms with van der Waals surface area (Å²) in [6.07, 6.45) is 0. The second-order valence-electron chi connectivity index (χ2n) is 16.0. The number of benzene rings is 9. The van der Waals surface area contributed by atoms with Crippen molar-refractivity contribution in [3.05, 3.63) is 231 Å². The van der Waals surface area contributed by atoms with Crippen molar-refractivity contribution in [1.29, 1.82) is 0 Å². The van der Waals surface area contributed by atoms with E-state index in [-0.39, 0.29) is 0 Å². The predicted octanol–water partition coefficient (Wildman–Crippen LogP) is 15.3. The van der Waals surface area contributed by atoms with E-state index >= 15 is 0 Å².